The molecule has 0 radical (unpaired) electrons. The van der Waals surface area contributed by atoms with E-state index >= 15 is 0 Å². The fourth-order valence-corrected chi connectivity index (χ4v) is 3.88. The minimum Gasteiger partial charge on any atom is -0.494 e. The van der Waals surface area contributed by atoms with Crippen LogP contribution in [0.15, 0.2) is 88.9 Å². The Labute approximate surface area is 198 Å². The standard InChI is InChI=1S/C29H25NO4/c1-3-16-32-23-14-12-20(13-15-23)28(31)24(29-30-25-9-5-7-11-27(25)34-29)18-22-17-21-8-4-6-10-26(21)33-19(22)2/h4-15,17-19H,3,16H2,1-2H3/b24-18-. The average molecular weight is 452 g/mol. The van der Waals surface area contributed by atoms with Crippen LogP contribution >= 0.6 is 0 Å². The van der Waals surface area contributed by atoms with Gasteiger partial charge in [-0.1, -0.05) is 37.3 Å². The predicted octanol–water partition coefficient (Wildman–Crippen LogP) is 6.75. The summed E-state index contributed by atoms with van der Waals surface area (Å²) >= 11 is 0. The van der Waals surface area contributed by atoms with E-state index in [0.29, 0.717) is 28.8 Å². The van der Waals surface area contributed by atoms with Gasteiger partial charge >= 0.3 is 0 Å². The van der Waals surface area contributed by atoms with Crippen molar-refractivity contribution in [1.82, 2.24) is 4.98 Å². The molecule has 0 bridgehead atoms. The SMILES string of the molecule is CCCOc1ccc(C(=O)/C(=C/C2=Cc3ccccc3OC2C)c2nc3ccccc3o2)cc1. The first-order valence-electron chi connectivity index (χ1n) is 11.4. The summed E-state index contributed by atoms with van der Waals surface area (Å²) in [4.78, 5) is 18.3. The smallest absolute Gasteiger partial charge is 0.231 e. The van der Waals surface area contributed by atoms with Crippen LogP contribution in [0.1, 0.15) is 42.1 Å². The van der Waals surface area contributed by atoms with E-state index in [1.54, 1.807) is 12.1 Å². The van der Waals surface area contributed by atoms with E-state index in [1.807, 2.05) is 79.7 Å². The van der Waals surface area contributed by atoms with Gasteiger partial charge in [-0.15, -0.1) is 0 Å². The molecular formula is C29H25NO4. The van der Waals surface area contributed by atoms with Crippen LogP contribution in [0, 0.1) is 0 Å². The molecule has 1 aliphatic heterocycles. The molecule has 0 N–H and O–H groups in total. The molecule has 3 aromatic carbocycles. The summed E-state index contributed by atoms with van der Waals surface area (Å²) in [6.45, 7) is 4.65. The van der Waals surface area contributed by atoms with Gasteiger partial charge in [0.15, 0.2) is 11.4 Å². The van der Waals surface area contributed by atoms with Gasteiger partial charge in [-0.05, 0) is 73.5 Å². The molecule has 34 heavy (non-hydrogen) atoms. The summed E-state index contributed by atoms with van der Waals surface area (Å²) in [5.74, 6) is 1.66. The monoisotopic (exact) mass is 451 g/mol. The van der Waals surface area contributed by atoms with Crippen LogP contribution < -0.4 is 9.47 Å². The Bertz CT molecular complexity index is 1360. The highest BCUT2D eigenvalue weighted by Gasteiger charge is 2.24. The third kappa shape index (κ3) is 4.37. The van der Waals surface area contributed by atoms with Gasteiger partial charge in [0.05, 0.1) is 12.2 Å². The first-order valence-corrected chi connectivity index (χ1v) is 11.4. The zero-order valence-corrected chi connectivity index (χ0v) is 19.2. The van der Waals surface area contributed by atoms with E-state index in [2.05, 4.69) is 11.9 Å². The number of carbonyl (C=O) groups is 1. The maximum absolute atomic E-state index is 13.7. The number of Topliss-reactive ketones (excluding diaryl/α,β-unsaturated/α-hetero) is 1. The molecule has 5 rings (SSSR count). The molecule has 2 heterocycles. The number of carbonyl (C=O) groups excluding carboxylic acids is 1. The minimum absolute atomic E-state index is 0.180. The third-order valence-corrected chi connectivity index (χ3v) is 5.68. The molecule has 1 aromatic heterocycles. The van der Waals surface area contributed by atoms with E-state index < -0.39 is 0 Å². The van der Waals surface area contributed by atoms with Crippen LogP contribution in [-0.4, -0.2) is 23.5 Å². The summed E-state index contributed by atoms with van der Waals surface area (Å²) in [6.07, 6.45) is 4.56. The molecule has 0 saturated heterocycles. The average Bonchev–Trinajstić information content (AvgIpc) is 3.30. The first-order chi connectivity index (χ1) is 16.6. The highest BCUT2D eigenvalue weighted by atomic mass is 16.5. The van der Waals surface area contributed by atoms with Crippen molar-refractivity contribution >= 4 is 28.5 Å². The van der Waals surface area contributed by atoms with E-state index in [1.165, 1.54) is 0 Å². The zero-order chi connectivity index (χ0) is 23.5. The van der Waals surface area contributed by atoms with E-state index in [0.717, 1.165) is 29.1 Å². The zero-order valence-electron chi connectivity index (χ0n) is 19.2. The van der Waals surface area contributed by atoms with Gasteiger partial charge < -0.3 is 13.9 Å². The fourth-order valence-electron chi connectivity index (χ4n) is 3.88. The highest BCUT2D eigenvalue weighted by molar-refractivity contribution is 6.28. The maximum Gasteiger partial charge on any atom is 0.231 e. The van der Waals surface area contributed by atoms with Gasteiger partial charge in [0.25, 0.3) is 0 Å². The lowest BCUT2D eigenvalue weighted by atomic mass is 9.96. The Morgan fingerprint density at radius 2 is 1.79 bits per heavy atom. The van der Waals surface area contributed by atoms with Gasteiger partial charge in [-0.3, -0.25) is 4.79 Å². The number of allylic oxidation sites excluding steroid dienone is 1. The topological polar surface area (TPSA) is 61.6 Å². The van der Waals surface area contributed by atoms with Gasteiger partial charge in [-0.25, -0.2) is 4.98 Å². The Balaban J connectivity index is 1.58. The molecule has 0 spiro atoms. The summed E-state index contributed by atoms with van der Waals surface area (Å²) in [5.41, 5.74) is 4.07. The summed E-state index contributed by atoms with van der Waals surface area (Å²) < 4.78 is 17.8. The number of nitrogens with zero attached hydrogens (tertiary/aromatic N) is 1. The van der Waals surface area contributed by atoms with Crippen LogP contribution in [0.3, 0.4) is 0 Å². The Hall–Kier alpha value is -4.12. The second kappa shape index (κ2) is 9.40. The van der Waals surface area contributed by atoms with Crippen molar-refractivity contribution in [2.24, 2.45) is 0 Å². The summed E-state index contributed by atoms with van der Waals surface area (Å²) in [5, 5.41) is 0. The fraction of sp³-hybridized carbons (Fsp3) is 0.172. The number of fused-ring (bicyclic) bond motifs is 2. The van der Waals surface area contributed by atoms with Crippen molar-refractivity contribution in [1.29, 1.82) is 0 Å². The largest absolute Gasteiger partial charge is 0.494 e. The molecule has 0 amide bonds. The van der Waals surface area contributed by atoms with Gasteiger partial charge in [0.2, 0.25) is 5.89 Å². The van der Waals surface area contributed by atoms with Crippen LogP contribution in [0.2, 0.25) is 0 Å². The number of rotatable bonds is 7. The van der Waals surface area contributed by atoms with Crippen molar-refractivity contribution < 1.29 is 18.7 Å². The lowest BCUT2D eigenvalue weighted by molar-refractivity contribution is 0.105. The second-order valence-electron chi connectivity index (χ2n) is 8.19. The van der Waals surface area contributed by atoms with Crippen LogP contribution in [0.4, 0.5) is 0 Å². The number of oxazole rings is 1. The molecule has 0 aliphatic carbocycles. The molecule has 170 valence electrons. The lowest BCUT2D eigenvalue weighted by Crippen LogP contribution is -2.18. The van der Waals surface area contributed by atoms with Crippen LogP contribution in [-0.2, 0) is 0 Å². The highest BCUT2D eigenvalue weighted by Crippen LogP contribution is 2.33. The number of ketones is 1. The summed E-state index contributed by atoms with van der Waals surface area (Å²) in [6, 6.07) is 22.5. The second-order valence-corrected chi connectivity index (χ2v) is 8.19. The van der Waals surface area contributed by atoms with Crippen molar-refractivity contribution in [3.05, 3.63) is 101 Å². The molecule has 5 nitrogen and oxygen atoms in total. The minimum atomic E-state index is -0.230. The van der Waals surface area contributed by atoms with Gasteiger partial charge in [0, 0.05) is 11.1 Å². The van der Waals surface area contributed by atoms with Crippen LogP contribution in [0.25, 0.3) is 22.7 Å². The number of hydrogen-bond donors (Lipinski definition) is 0. The Kier molecular flexibility index (Phi) is 6.00. The molecule has 1 atom stereocenters. The number of aromatic nitrogens is 1. The number of hydrogen-bond acceptors (Lipinski definition) is 5. The van der Waals surface area contributed by atoms with Crippen molar-refractivity contribution in [2.45, 2.75) is 26.4 Å². The molecule has 1 aliphatic rings. The number of benzene rings is 3. The molecular weight excluding hydrogens is 426 g/mol. The normalized spacial score (nSPS) is 15.4. The van der Waals surface area contributed by atoms with Crippen molar-refractivity contribution in [3.8, 4) is 11.5 Å². The lowest BCUT2D eigenvalue weighted by Gasteiger charge is -2.23. The first kappa shape index (κ1) is 21.7. The predicted molar refractivity (Wildman–Crippen MR) is 133 cm³/mol. The molecule has 5 heteroatoms. The Morgan fingerprint density at radius 1 is 1.03 bits per heavy atom. The van der Waals surface area contributed by atoms with Gasteiger partial charge in [-0.2, -0.15) is 0 Å². The quantitative estimate of drug-likeness (QED) is 0.230. The van der Waals surface area contributed by atoms with Crippen molar-refractivity contribution in [2.75, 3.05) is 6.61 Å². The van der Waals surface area contributed by atoms with E-state index in [4.69, 9.17) is 13.9 Å². The number of ether oxygens (including phenoxy) is 2. The Morgan fingerprint density at radius 3 is 2.59 bits per heavy atom. The molecule has 0 fully saturated rings. The summed E-state index contributed by atoms with van der Waals surface area (Å²) in [7, 11) is 0. The maximum atomic E-state index is 13.7. The van der Waals surface area contributed by atoms with E-state index in [9.17, 15) is 4.79 Å². The van der Waals surface area contributed by atoms with Crippen LogP contribution in [0.5, 0.6) is 11.5 Å². The van der Waals surface area contributed by atoms with E-state index in [-0.39, 0.29) is 17.8 Å². The molecule has 0 saturated carbocycles. The third-order valence-electron chi connectivity index (χ3n) is 5.68. The van der Waals surface area contributed by atoms with Crippen molar-refractivity contribution in [3.63, 3.8) is 0 Å². The van der Waals surface area contributed by atoms with Gasteiger partial charge in [0.1, 0.15) is 23.1 Å². The molecule has 1 unspecified atom stereocenters. The number of para-hydroxylation sites is 3. The molecule has 4 aromatic rings.